The summed E-state index contributed by atoms with van der Waals surface area (Å²) in [7, 11) is 0. The zero-order chi connectivity index (χ0) is 23.7. The molecular formula is C26H23FN2O5. The molecule has 1 N–H and O–H groups in total. The zero-order valence-corrected chi connectivity index (χ0v) is 18.5. The molecule has 0 aromatic heterocycles. The smallest absolute Gasteiger partial charge is 0.264 e. The molecule has 0 saturated carbocycles. The van der Waals surface area contributed by atoms with Crippen molar-refractivity contribution < 1.29 is 28.2 Å². The molecule has 0 unspecified atom stereocenters. The number of benzene rings is 3. The molecule has 3 aromatic rings. The number of anilines is 1. The molecule has 2 amide bonds. The molecule has 0 radical (unpaired) electrons. The molecule has 7 nitrogen and oxygen atoms in total. The van der Waals surface area contributed by atoms with E-state index >= 15 is 0 Å². The Labute approximate surface area is 196 Å². The van der Waals surface area contributed by atoms with Crippen molar-refractivity contribution in [2.24, 2.45) is 0 Å². The van der Waals surface area contributed by atoms with E-state index in [0.29, 0.717) is 48.0 Å². The summed E-state index contributed by atoms with van der Waals surface area (Å²) >= 11 is 0. The second-order valence-corrected chi connectivity index (χ2v) is 8.18. The topological polar surface area (TPSA) is 77.1 Å². The van der Waals surface area contributed by atoms with Crippen LogP contribution >= 0.6 is 0 Å². The largest absolute Gasteiger partial charge is 0.480 e. The summed E-state index contributed by atoms with van der Waals surface area (Å²) < 4.78 is 30.0. The van der Waals surface area contributed by atoms with Gasteiger partial charge in [0.2, 0.25) is 6.79 Å². The first-order valence-corrected chi connectivity index (χ1v) is 11.0. The Kier molecular flexibility index (Phi) is 5.79. The number of carbonyl (C=O) groups is 2. The van der Waals surface area contributed by atoms with Crippen LogP contribution in [0.2, 0.25) is 0 Å². The van der Waals surface area contributed by atoms with Crippen LogP contribution in [-0.4, -0.2) is 29.6 Å². The number of carbonyl (C=O) groups excluding carboxylic acids is 2. The van der Waals surface area contributed by atoms with E-state index in [2.05, 4.69) is 5.32 Å². The van der Waals surface area contributed by atoms with Crippen molar-refractivity contribution >= 4 is 17.5 Å². The molecule has 174 valence electrons. The molecule has 1 atom stereocenters. The highest BCUT2D eigenvalue weighted by Crippen LogP contribution is 2.33. The summed E-state index contributed by atoms with van der Waals surface area (Å²) in [6, 6.07) is 16.4. The molecule has 5 rings (SSSR count). The first-order chi connectivity index (χ1) is 16.5. The minimum Gasteiger partial charge on any atom is -0.480 e. The van der Waals surface area contributed by atoms with Crippen molar-refractivity contribution in [3.8, 4) is 17.2 Å². The third-order valence-electron chi connectivity index (χ3n) is 5.83. The number of amides is 2. The van der Waals surface area contributed by atoms with Crippen molar-refractivity contribution in [2.75, 3.05) is 12.1 Å². The van der Waals surface area contributed by atoms with E-state index in [-0.39, 0.29) is 24.4 Å². The number of hydrogen-bond acceptors (Lipinski definition) is 5. The van der Waals surface area contributed by atoms with Crippen molar-refractivity contribution in [1.29, 1.82) is 0 Å². The van der Waals surface area contributed by atoms with Crippen molar-refractivity contribution in [1.82, 2.24) is 4.90 Å². The highest BCUT2D eigenvalue weighted by Gasteiger charge is 2.30. The molecular weight excluding hydrogens is 439 g/mol. The average Bonchev–Trinajstić information content (AvgIpc) is 3.27. The number of ether oxygens (including phenoxy) is 3. The van der Waals surface area contributed by atoms with Crippen LogP contribution in [-0.2, 0) is 17.9 Å². The summed E-state index contributed by atoms with van der Waals surface area (Å²) in [6.45, 7) is 2.66. The number of halogens is 1. The van der Waals surface area contributed by atoms with E-state index < -0.39 is 6.10 Å². The van der Waals surface area contributed by atoms with Crippen molar-refractivity contribution in [3.05, 3.63) is 83.2 Å². The van der Waals surface area contributed by atoms with Gasteiger partial charge in [0.15, 0.2) is 17.6 Å². The summed E-state index contributed by atoms with van der Waals surface area (Å²) in [5, 5.41) is 2.89. The highest BCUT2D eigenvalue weighted by molar-refractivity contribution is 6.04. The molecule has 2 aliphatic heterocycles. The fourth-order valence-corrected chi connectivity index (χ4v) is 4.03. The fourth-order valence-electron chi connectivity index (χ4n) is 4.03. The molecule has 34 heavy (non-hydrogen) atoms. The van der Waals surface area contributed by atoms with E-state index in [1.807, 2.05) is 13.0 Å². The molecule has 3 aromatic carbocycles. The Morgan fingerprint density at radius 1 is 1.03 bits per heavy atom. The summed E-state index contributed by atoms with van der Waals surface area (Å²) in [6.07, 6.45) is -0.100. The number of nitrogens with one attached hydrogen (secondary N) is 1. The Morgan fingerprint density at radius 3 is 2.59 bits per heavy atom. The third-order valence-corrected chi connectivity index (χ3v) is 5.83. The van der Waals surface area contributed by atoms with Crippen LogP contribution in [0.3, 0.4) is 0 Å². The first kappa shape index (κ1) is 21.8. The maximum Gasteiger partial charge on any atom is 0.264 e. The molecule has 0 spiro atoms. The normalized spacial score (nSPS) is 16.5. The Morgan fingerprint density at radius 2 is 1.79 bits per heavy atom. The van der Waals surface area contributed by atoms with Gasteiger partial charge in [-0.2, -0.15) is 0 Å². The van der Waals surface area contributed by atoms with E-state index in [9.17, 15) is 14.0 Å². The number of fused-ring (bicyclic) bond motifs is 2. The van der Waals surface area contributed by atoms with Gasteiger partial charge in [-0.3, -0.25) is 9.59 Å². The Balaban J connectivity index is 1.37. The van der Waals surface area contributed by atoms with Gasteiger partial charge in [-0.1, -0.05) is 19.1 Å². The minimum atomic E-state index is -0.615. The van der Waals surface area contributed by atoms with Crippen LogP contribution in [0.25, 0.3) is 0 Å². The predicted octanol–water partition coefficient (Wildman–Crippen LogP) is 4.51. The van der Waals surface area contributed by atoms with E-state index in [1.165, 1.54) is 12.1 Å². The summed E-state index contributed by atoms with van der Waals surface area (Å²) in [5.74, 6) is 0.989. The molecule has 0 aliphatic carbocycles. The van der Waals surface area contributed by atoms with Gasteiger partial charge in [-0.25, -0.2) is 4.39 Å². The van der Waals surface area contributed by atoms with Crippen LogP contribution in [0.5, 0.6) is 17.2 Å². The Hall–Kier alpha value is -4.07. The summed E-state index contributed by atoms with van der Waals surface area (Å²) in [5.41, 5.74) is 2.61. The van der Waals surface area contributed by atoms with Gasteiger partial charge in [0.25, 0.3) is 11.8 Å². The van der Waals surface area contributed by atoms with Crippen molar-refractivity contribution in [2.45, 2.75) is 32.5 Å². The lowest BCUT2D eigenvalue weighted by molar-refractivity contribution is -0.139. The van der Waals surface area contributed by atoms with Crippen LogP contribution in [0.15, 0.2) is 60.7 Å². The maximum absolute atomic E-state index is 13.3. The molecule has 8 heteroatoms. The van der Waals surface area contributed by atoms with Crippen molar-refractivity contribution in [3.63, 3.8) is 0 Å². The molecule has 2 heterocycles. The van der Waals surface area contributed by atoms with Crippen LogP contribution < -0.4 is 19.5 Å². The van der Waals surface area contributed by atoms with Gasteiger partial charge in [0.05, 0.1) is 0 Å². The molecule has 0 bridgehead atoms. The number of hydrogen-bond donors (Lipinski definition) is 1. The third kappa shape index (κ3) is 4.39. The first-order valence-electron chi connectivity index (χ1n) is 11.0. The Bertz CT molecular complexity index is 1240. The standard InChI is InChI=1S/C26H23FN2O5/c1-2-21-26(31)29(13-16-3-6-19(27)7-4-16)14-18-11-20(8-10-22(18)34-21)28-25(30)17-5-9-23-24(12-17)33-15-32-23/h3-12,21H,2,13-15H2,1H3,(H,28,30)/t21-/m1/s1. The molecule has 0 fully saturated rings. The highest BCUT2D eigenvalue weighted by atomic mass is 19.1. The second-order valence-electron chi connectivity index (χ2n) is 8.18. The second kappa shape index (κ2) is 9.05. The lowest BCUT2D eigenvalue weighted by Gasteiger charge is -2.23. The molecule has 2 aliphatic rings. The van der Waals surface area contributed by atoms with Gasteiger partial charge < -0.3 is 24.4 Å². The van der Waals surface area contributed by atoms with Gasteiger partial charge in [-0.15, -0.1) is 0 Å². The predicted molar refractivity (Wildman–Crippen MR) is 122 cm³/mol. The van der Waals surface area contributed by atoms with Gasteiger partial charge >= 0.3 is 0 Å². The average molecular weight is 462 g/mol. The quantitative estimate of drug-likeness (QED) is 0.604. The van der Waals surface area contributed by atoms with E-state index in [1.54, 1.807) is 47.4 Å². The van der Waals surface area contributed by atoms with Gasteiger partial charge in [0.1, 0.15) is 11.6 Å². The van der Waals surface area contributed by atoms with Crippen LogP contribution in [0, 0.1) is 5.82 Å². The lowest BCUT2D eigenvalue weighted by Crippen LogP contribution is -2.38. The van der Waals surface area contributed by atoms with Gasteiger partial charge in [-0.05, 0) is 60.5 Å². The minimum absolute atomic E-state index is 0.131. The van der Waals surface area contributed by atoms with Gasteiger partial charge in [0, 0.05) is 29.9 Å². The molecule has 0 saturated heterocycles. The number of nitrogens with zero attached hydrogens (tertiary/aromatic N) is 1. The van der Waals surface area contributed by atoms with E-state index in [0.717, 1.165) is 11.1 Å². The summed E-state index contributed by atoms with van der Waals surface area (Å²) in [4.78, 5) is 27.6. The van der Waals surface area contributed by atoms with Crippen LogP contribution in [0.4, 0.5) is 10.1 Å². The SMILES string of the molecule is CC[C@H]1Oc2ccc(NC(=O)c3ccc4c(c3)OCO4)cc2CN(Cc2ccc(F)cc2)C1=O. The maximum atomic E-state index is 13.3. The lowest BCUT2D eigenvalue weighted by atomic mass is 10.1. The monoisotopic (exact) mass is 462 g/mol. The fraction of sp³-hybridized carbons (Fsp3) is 0.231. The van der Waals surface area contributed by atoms with Crippen LogP contribution in [0.1, 0.15) is 34.8 Å². The van der Waals surface area contributed by atoms with E-state index in [4.69, 9.17) is 14.2 Å². The number of rotatable bonds is 5. The zero-order valence-electron chi connectivity index (χ0n) is 18.5.